The standard InChI is InChI=1S/C5H4N2O3/c8-3-1-10-5-4(9)6-2-7(3)5/h1-2,8-9H. The van der Waals surface area contributed by atoms with E-state index in [0.29, 0.717) is 0 Å². The van der Waals surface area contributed by atoms with Gasteiger partial charge in [0.15, 0.2) is 6.26 Å². The Hall–Kier alpha value is -1.65. The lowest BCUT2D eigenvalue weighted by Crippen LogP contribution is -1.71. The maximum atomic E-state index is 8.94. The van der Waals surface area contributed by atoms with Crippen molar-refractivity contribution in [3.05, 3.63) is 12.6 Å². The normalized spacial score (nSPS) is 10.8. The monoisotopic (exact) mass is 140 g/mol. The summed E-state index contributed by atoms with van der Waals surface area (Å²) in [6.07, 6.45) is 2.39. The molecule has 0 saturated carbocycles. The summed E-state index contributed by atoms with van der Waals surface area (Å²) in [5, 5.41) is 17.8. The zero-order chi connectivity index (χ0) is 7.14. The van der Waals surface area contributed by atoms with Gasteiger partial charge in [-0.1, -0.05) is 0 Å². The minimum Gasteiger partial charge on any atom is -0.492 e. The van der Waals surface area contributed by atoms with Crippen LogP contribution in [0.1, 0.15) is 0 Å². The van der Waals surface area contributed by atoms with Crippen molar-refractivity contribution < 1.29 is 14.6 Å². The largest absolute Gasteiger partial charge is 0.492 e. The van der Waals surface area contributed by atoms with Crippen LogP contribution in [-0.2, 0) is 0 Å². The molecular formula is C5H4N2O3. The maximum absolute atomic E-state index is 8.94. The highest BCUT2D eigenvalue weighted by atomic mass is 16.4. The molecule has 52 valence electrons. The smallest absolute Gasteiger partial charge is 0.276 e. The molecule has 0 bridgehead atoms. The molecule has 5 heteroatoms. The van der Waals surface area contributed by atoms with E-state index in [9.17, 15) is 0 Å². The Labute approximate surface area is 55.2 Å². The van der Waals surface area contributed by atoms with Gasteiger partial charge in [-0.05, 0) is 0 Å². The van der Waals surface area contributed by atoms with E-state index < -0.39 is 0 Å². The van der Waals surface area contributed by atoms with E-state index in [2.05, 4.69) is 4.98 Å². The molecule has 5 nitrogen and oxygen atoms in total. The first-order valence-corrected chi connectivity index (χ1v) is 2.61. The number of imidazole rings is 1. The highest BCUT2D eigenvalue weighted by Gasteiger charge is 2.08. The van der Waals surface area contributed by atoms with Gasteiger partial charge in [0.1, 0.15) is 6.33 Å². The SMILES string of the molecule is Oc1ncn2c(O)coc12. The first-order valence-electron chi connectivity index (χ1n) is 2.61. The average Bonchev–Trinajstić information content (AvgIpc) is 2.41. The molecule has 0 atom stereocenters. The van der Waals surface area contributed by atoms with E-state index in [-0.39, 0.29) is 17.5 Å². The maximum Gasteiger partial charge on any atom is 0.276 e. The van der Waals surface area contributed by atoms with Crippen LogP contribution in [0.2, 0.25) is 0 Å². The fraction of sp³-hybridized carbons (Fsp3) is 0. The van der Waals surface area contributed by atoms with Gasteiger partial charge in [-0.3, -0.25) is 0 Å². The lowest BCUT2D eigenvalue weighted by molar-refractivity contribution is 0.436. The Bertz CT molecular complexity index is 326. The van der Waals surface area contributed by atoms with Crippen molar-refractivity contribution in [2.24, 2.45) is 0 Å². The van der Waals surface area contributed by atoms with E-state index in [1.54, 1.807) is 0 Å². The van der Waals surface area contributed by atoms with E-state index in [4.69, 9.17) is 14.6 Å². The predicted molar refractivity (Wildman–Crippen MR) is 30.8 cm³/mol. The van der Waals surface area contributed by atoms with Crippen molar-refractivity contribution >= 4 is 5.71 Å². The van der Waals surface area contributed by atoms with E-state index in [0.717, 1.165) is 6.26 Å². The summed E-state index contributed by atoms with van der Waals surface area (Å²) in [6.45, 7) is 0. The third-order valence-electron chi connectivity index (χ3n) is 1.23. The fourth-order valence-electron chi connectivity index (χ4n) is 0.766. The van der Waals surface area contributed by atoms with Crippen LogP contribution in [0.3, 0.4) is 0 Å². The molecule has 2 rings (SSSR count). The lowest BCUT2D eigenvalue weighted by Gasteiger charge is -1.79. The van der Waals surface area contributed by atoms with Gasteiger partial charge in [-0.2, -0.15) is 4.98 Å². The second kappa shape index (κ2) is 1.44. The summed E-state index contributed by atoms with van der Waals surface area (Å²) in [6, 6.07) is 0. The van der Waals surface area contributed by atoms with Crippen molar-refractivity contribution in [3.8, 4) is 11.8 Å². The Balaban J connectivity index is 2.95. The van der Waals surface area contributed by atoms with Crippen LogP contribution in [0.4, 0.5) is 0 Å². The van der Waals surface area contributed by atoms with Crippen molar-refractivity contribution in [1.29, 1.82) is 0 Å². The molecule has 0 aliphatic heterocycles. The third kappa shape index (κ3) is 0.439. The second-order valence-corrected chi connectivity index (χ2v) is 1.84. The number of fused-ring (bicyclic) bond motifs is 1. The van der Waals surface area contributed by atoms with Crippen molar-refractivity contribution in [2.45, 2.75) is 0 Å². The molecule has 0 spiro atoms. The summed E-state index contributed by atoms with van der Waals surface area (Å²) in [5.41, 5.74) is 0.150. The number of oxazole rings is 1. The van der Waals surface area contributed by atoms with Gasteiger partial charge >= 0.3 is 0 Å². The Morgan fingerprint density at radius 1 is 1.50 bits per heavy atom. The van der Waals surface area contributed by atoms with Gasteiger partial charge in [-0.15, -0.1) is 0 Å². The molecule has 2 aromatic rings. The van der Waals surface area contributed by atoms with Gasteiger partial charge in [0.05, 0.1) is 0 Å². The number of hydrogen-bond acceptors (Lipinski definition) is 4. The highest BCUT2D eigenvalue weighted by Crippen LogP contribution is 2.22. The van der Waals surface area contributed by atoms with Crippen LogP contribution in [0, 0.1) is 0 Å². The molecule has 0 radical (unpaired) electrons. The molecular weight excluding hydrogens is 136 g/mol. The van der Waals surface area contributed by atoms with Crippen molar-refractivity contribution in [2.75, 3.05) is 0 Å². The fourth-order valence-corrected chi connectivity index (χ4v) is 0.766. The van der Waals surface area contributed by atoms with Gasteiger partial charge < -0.3 is 14.6 Å². The number of nitrogens with zero attached hydrogens (tertiary/aromatic N) is 2. The number of rotatable bonds is 0. The molecule has 0 amide bonds. The Morgan fingerprint density at radius 3 is 3.00 bits per heavy atom. The Morgan fingerprint density at radius 2 is 2.30 bits per heavy atom. The molecule has 0 aliphatic carbocycles. The number of aromatic hydroxyl groups is 2. The van der Waals surface area contributed by atoms with E-state index in [1.165, 1.54) is 10.7 Å². The molecule has 2 aromatic heterocycles. The molecule has 0 aromatic carbocycles. The number of hydrogen-bond donors (Lipinski definition) is 2. The van der Waals surface area contributed by atoms with Crippen LogP contribution < -0.4 is 0 Å². The predicted octanol–water partition coefficient (Wildman–Crippen LogP) is 0.338. The van der Waals surface area contributed by atoms with Crippen molar-refractivity contribution in [3.63, 3.8) is 0 Å². The first kappa shape index (κ1) is 5.16. The summed E-state index contributed by atoms with van der Waals surface area (Å²) in [7, 11) is 0. The zero-order valence-electron chi connectivity index (χ0n) is 4.85. The Kier molecular flexibility index (Phi) is 0.743. The molecule has 0 unspecified atom stereocenters. The van der Waals surface area contributed by atoms with Crippen LogP contribution in [0.5, 0.6) is 11.8 Å². The first-order chi connectivity index (χ1) is 4.79. The van der Waals surface area contributed by atoms with Crippen LogP contribution in [0.25, 0.3) is 5.71 Å². The van der Waals surface area contributed by atoms with E-state index >= 15 is 0 Å². The number of aromatic nitrogens is 2. The summed E-state index contributed by atoms with van der Waals surface area (Å²) >= 11 is 0. The summed E-state index contributed by atoms with van der Waals surface area (Å²) < 4.78 is 5.95. The summed E-state index contributed by atoms with van der Waals surface area (Å²) in [5.74, 6) is -0.303. The van der Waals surface area contributed by atoms with Crippen LogP contribution >= 0.6 is 0 Å². The van der Waals surface area contributed by atoms with E-state index in [1.807, 2.05) is 0 Å². The summed E-state index contributed by atoms with van der Waals surface area (Å²) in [4.78, 5) is 3.48. The van der Waals surface area contributed by atoms with Gasteiger partial charge in [0.2, 0.25) is 5.88 Å². The van der Waals surface area contributed by atoms with Crippen LogP contribution in [-0.4, -0.2) is 19.6 Å². The van der Waals surface area contributed by atoms with Crippen LogP contribution in [0.15, 0.2) is 17.0 Å². The van der Waals surface area contributed by atoms with Gasteiger partial charge in [-0.25, -0.2) is 4.40 Å². The minimum atomic E-state index is -0.222. The van der Waals surface area contributed by atoms with Gasteiger partial charge in [0, 0.05) is 0 Å². The highest BCUT2D eigenvalue weighted by molar-refractivity contribution is 5.47. The molecule has 0 saturated heterocycles. The third-order valence-corrected chi connectivity index (χ3v) is 1.23. The quantitative estimate of drug-likeness (QED) is 0.553. The molecule has 2 heterocycles. The molecule has 0 aliphatic rings. The van der Waals surface area contributed by atoms with Gasteiger partial charge in [0.25, 0.3) is 11.6 Å². The van der Waals surface area contributed by atoms with Crippen molar-refractivity contribution in [1.82, 2.24) is 9.38 Å². The average molecular weight is 140 g/mol. The second-order valence-electron chi connectivity index (χ2n) is 1.84. The minimum absolute atomic E-state index is 0.0807. The lowest BCUT2D eigenvalue weighted by atomic mass is 10.8. The topological polar surface area (TPSA) is 70.9 Å². The molecule has 10 heavy (non-hydrogen) atoms. The molecule has 2 N–H and O–H groups in total. The zero-order valence-corrected chi connectivity index (χ0v) is 4.85. The molecule has 0 fully saturated rings.